The molecular formula is C19H22N2O6S. The fraction of sp³-hybridized carbons (Fsp3) is 0.316. The molecule has 0 radical (unpaired) electrons. The molecular weight excluding hydrogens is 384 g/mol. The predicted octanol–water partition coefficient (Wildman–Crippen LogP) is 2.38. The molecule has 1 amide bonds. The van der Waals surface area contributed by atoms with Crippen molar-refractivity contribution in [2.75, 3.05) is 26.0 Å². The Morgan fingerprint density at radius 2 is 1.86 bits per heavy atom. The molecule has 0 aliphatic carbocycles. The van der Waals surface area contributed by atoms with Crippen LogP contribution >= 0.6 is 11.3 Å². The lowest BCUT2D eigenvalue weighted by atomic mass is 10.1. The van der Waals surface area contributed by atoms with Crippen molar-refractivity contribution in [1.29, 1.82) is 0 Å². The third kappa shape index (κ3) is 5.46. The Morgan fingerprint density at radius 1 is 1.14 bits per heavy atom. The van der Waals surface area contributed by atoms with Gasteiger partial charge in [0.25, 0.3) is 5.91 Å². The van der Waals surface area contributed by atoms with Gasteiger partial charge in [0.15, 0.2) is 0 Å². The number of carbonyl (C=O) groups excluding carboxylic acids is 3. The summed E-state index contributed by atoms with van der Waals surface area (Å²) in [6.07, 6.45) is 0.0125. The number of nitrogens with one attached hydrogen (secondary N) is 1. The van der Waals surface area contributed by atoms with Crippen LogP contribution in [0.2, 0.25) is 0 Å². The SMILES string of the molecule is CCOC(=O)c1c(N)sc(C(=O)NC)c1COC(=O)CCOc1ccccc1. The summed E-state index contributed by atoms with van der Waals surface area (Å²) in [5.74, 6) is -0.971. The Kier molecular flexibility index (Phi) is 7.82. The minimum absolute atomic E-state index is 0.0125. The van der Waals surface area contributed by atoms with Crippen LogP contribution in [-0.2, 0) is 20.9 Å². The molecule has 0 aliphatic rings. The highest BCUT2D eigenvalue weighted by Gasteiger charge is 2.27. The van der Waals surface area contributed by atoms with E-state index in [1.54, 1.807) is 19.1 Å². The van der Waals surface area contributed by atoms with E-state index in [-0.39, 0.29) is 47.2 Å². The lowest BCUT2D eigenvalue weighted by molar-refractivity contribution is -0.145. The maximum atomic E-state index is 12.2. The molecule has 0 saturated carbocycles. The standard InChI is InChI=1S/C19H22N2O6S/c1-3-25-19(24)15-13(16(18(23)21-2)28-17(15)20)11-27-14(22)9-10-26-12-7-5-4-6-8-12/h4-8H,3,9-11,20H2,1-2H3,(H,21,23). The van der Waals surface area contributed by atoms with Crippen LogP contribution in [0.4, 0.5) is 5.00 Å². The van der Waals surface area contributed by atoms with Gasteiger partial charge in [-0.25, -0.2) is 4.79 Å². The lowest BCUT2D eigenvalue weighted by Crippen LogP contribution is -2.20. The highest BCUT2D eigenvalue weighted by Crippen LogP contribution is 2.32. The molecule has 2 aromatic rings. The number of para-hydroxylation sites is 1. The van der Waals surface area contributed by atoms with Crippen molar-refractivity contribution in [3.05, 3.63) is 46.3 Å². The summed E-state index contributed by atoms with van der Waals surface area (Å²) in [5, 5.41) is 2.61. The Hall–Kier alpha value is -3.07. The van der Waals surface area contributed by atoms with E-state index in [4.69, 9.17) is 19.9 Å². The molecule has 150 valence electrons. The second kappa shape index (κ2) is 10.3. The van der Waals surface area contributed by atoms with Crippen molar-refractivity contribution in [3.63, 3.8) is 0 Å². The Bertz CT molecular complexity index is 834. The molecule has 0 unspecified atom stereocenters. The number of benzene rings is 1. The van der Waals surface area contributed by atoms with Crippen LogP contribution in [0.25, 0.3) is 0 Å². The molecule has 0 bridgehead atoms. The van der Waals surface area contributed by atoms with Crippen LogP contribution in [0.3, 0.4) is 0 Å². The van der Waals surface area contributed by atoms with Gasteiger partial charge in [-0.3, -0.25) is 9.59 Å². The molecule has 1 aromatic heterocycles. The molecule has 2 rings (SSSR count). The van der Waals surface area contributed by atoms with Gasteiger partial charge in [0, 0.05) is 12.6 Å². The molecule has 0 spiro atoms. The normalized spacial score (nSPS) is 10.2. The first-order valence-electron chi connectivity index (χ1n) is 8.61. The summed E-state index contributed by atoms with van der Waals surface area (Å²) >= 11 is 0.944. The predicted molar refractivity (Wildman–Crippen MR) is 104 cm³/mol. The van der Waals surface area contributed by atoms with Crippen molar-refractivity contribution in [1.82, 2.24) is 5.32 Å². The number of hydrogen-bond acceptors (Lipinski definition) is 8. The van der Waals surface area contributed by atoms with Gasteiger partial charge >= 0.3 is 11.9 Å². The van der Waals surface area contributed by atoms with Crippen LogP contribution in [0.5, 0.6) is 5.75 Å². The summed E-state index contributed by atoms with van der Waals surface area (Å²) in [5.41, 5.74) is 6.18. The van der Waals surface area contributed by atoms with E-state index in [1.165, 1.54) is 7.05 Å². The van der Waals surface area contributed by atoms with E-state index in [2.05, 4.69) is 5.32 Å². The number of ether oxygens (including phenoxy) is 3. The molecule has 0 saturated heterocycles. The van der Waals surface area contributed by atoms with Crippen LogP contribution in [0, 0.1) is 0 Å². The van der Waals surface area contributed by atoms with E-state index < -0.39 is 17.8 Å². The van der Waals surface area contributed by atoms with Crippen molar-refractivity contribution in [2.24, 2.45) is 0 Å². The summed E-state index contributed by atoms with van der Waals surface area (Å²) in [6, 6.07) is 9.07. The molecule has 1 heterocycles. The van der Waals surface area contributed by atoms with Crippen LogP contribution in [0.1, 0.15) is 38.9 Å². The van der Waals surface area contributed by atoms with Crippen molar-refractivity contribution in [2.45, 2.75) is 20.0 Å². The first-order valence-corrected chi connectivity index (χ1v) is 9.43. The maximum Gasteiger partial charge on any atom is 0.341 e. The minimum atomic E-state index is -0.662. The van der Waals surface area contributed by atoms with E-state index in [0.29, 0.717) is 5.75 Å². The zero-order valence-corrected chi connectivity index (χ0v) is 16.5. The smallest absolute Gasteiger partial charge is 0.341 e. The molecule has 0 aliphatic heterocycles. The van der Waals surface area contributed by atoms with Gasteiger partial charge in [-0.05, 0) is 19.1 Å². The average molecular weight is 406 g/mol. The zero-order chi connectivity index (χ0) is 20.5. The van der Waals surface area contributed by atoms with E-state index in [9.17, 15) is 14.4 Å². The van der Waals surface area contributed by atoms with Gasteiger partial charge < -0.3 is 25.3 Å². The first-order chi connectivity index (χ1) is 13.5. The lowest BCUT2D eigenvalue weighted by Gasteiger charge is -2.09. The number of rotatable bonds is 9. The van der Waals surface area contributed by atoms with Crippen molar-refractivity contribution >= 4 is 34.2 Å². The number of nitrogen functional groups attached to an aromatic ring is 1. The quantitative estimate of drug-likeness (QED) is 0.614. The summed E-state index contributed by atoms with van der Waals surface area (Å²) in [7, 11) is 1.46. The first kappa shape index (κ1) is 21.2. The van der Waals surface area contributed by atoms with Gasteiger partial charge in [0.05, 0.1) is 19.6 Å². The van der Waals surface area contributed by atoms with Gasteiger partial charge in [-0.2, -0.15) is 0 Å². The number of carbonyl (C=O) groups is 3. The maximum absolute atomic E-state index is 12.2. The molecule has 1 aromatic carbocycles. The molecule has 3 N–H and O–H groups in total. The van der Waals surface area contributed by atoms with Crippen LogP contribution < -0.4 is 15.8 Å². The topological polar surface area (TPSA) is 117 Å². The Labute approximate surface area is 166 Å². The summed E-state index contributed by atoms with van der Waals surface area (Å²) < 4.78 is 15.7. The third-order valence-electron chi connectivity index (χ3n) is 3.64. The van der Waals surface area contributed by atoms with E-state index in [0.717, 1.165) is 11.3 Å². The average Bonchev–Trinajstić information content (AvgIpc) is 3.03. The molecule has 0 atom stereocenters. The van der Waals surface area contributed by atoms with Gasteiger partial charge in [0.1, 0.15) is 27.8 Å². The molecule has 8 nitrogen and oxygen atoms in total. The molecule has 0 fully saturated rings. The summed E-state index contributed by atoms with van der Waals surface area (Å²) in [6.45, 7) is 1.68. The second-order valence-electron chi connectivity index (χ2n) is 5.52. The molecule has 28 heavy (non-hydrogen) atoms. The number of thiophene rings is 1. The van der Waals surface area contributed by atoms with Crippen LogP contribution in [0.15, 0.2) is 30.3 Å². The monoisotopic (exact) mass is 406 g/mol. The Morgan fingerprint density at radius 3 is 2.50 bits per heavy atom. The van der Waals surface area contributed by atoms with Crippen molar-refractivity contribution < 1.29 is 28.6 Å². The number of anilines is 1. The fourth-order valence-electron chi connectivity index (χ4n) is 2.34. The number of hydrogen-bond donors (Lipinski definition) is 2. The van der Waals surface area contributed by atoms with E-state index in [1.807, 2.05) is 18.2 Å². The zero-order valence-electron chi connectivity index (χ0n) is 15.7. The highest BCUT2D eigenvalue weighted by molar-refractivity contribution is 7.18. The van der Waals surface area contributed by atoms with E-state index >= 15 is 0 Å². The largest absolute Gasteiger partial charge is 0.493 e. The highest BCUT2D eigenvalue weighted by atomic mass is 32.1. The fourth-order valence-corrected chi connectivity index (χ4v) is 3.35. The third-order valence-corrected chi connectivity index (χ3v) is 4.70. The van der Waals surface area contributed by atoms with Gasteiger partial charge in [0.2, 0.25) is 0 Å². The van der Waals surface area contributed by atoms with Crippen LogP contribution in [-0.4, -0.2) is 38.1 Å². The van der Waals surface area contributed by atoms with Gasteiger partial charge in [-0.1, -0.05) is 18.2 Å². The number of amides is 1. The second-order valence-corrected chi connectivity index (χ2v) is 6.57. The molecule has 9 heteroatoms. The van der Waals surface area contributed by atoms with Gasteiger partial charge in [-0.15, -0.1) is 11.3 Å². The number of esters is 2. The van der Waals surface area contributed by atoms with Crippen molar-refractivity contribution in [3.8, 4) is 5.75 Å². The summed E-state index contributed by atoms with van der Waals surface area (Å²) in [4.78, 5) is 36.5. The minimum Gasteiger partial charge on any atom is -0.493 e. The Balaban J connectivity index is 2.03. The number of nitrogens with two attached hydrogens (primary N) is 1.